The summed E-state index contributed by atoms with van der Waals surface area (Å²) in [6, 6.07) is 1.04. The standard InChI is InChI=1S/C17H19N3O4/c1-9-14-11(8-12(10-5-6-10)18-15(14)24-19-9)16(21)20-7-3-2-4-13(20)17(22)23/h8,10,13H,2-7H2,1H3,(H,22,23). The first-order chi connectivity index (χ1) is 11.6. The molecule has 1 N–H and O–H groups in total. The topological polar surface area (TPSA) is 96.5 Å². The van der Waals surface area contributed by atoms with Crippen LogP contribution in [0.1, 0.15) is 59.8 Å². The number of carboxylic acids is 1. The number of carboxylic acid groups (broad SMARTS) is 1. The number of likely N-dealkylation sites (tertiary alicyclic amines) is 1. The van der Waals surface area contributed by atoms with Crippen LogP contribution in [-0.2, 0) is 4.79 Å². The van der Waals surface area contributed by atoms with Crippen molar-refractivity contribution in [3.8, 4) is 0 Å². The second kappa shape index (κ2) is 5.58. The van der Waals surface area contributed by atoms with Gasteiger partial charge < -0.3 is 14.5 Å². The van der Waals surface area contributed by atoms with E-state index in [2.05, 4.69) is 10.1 Å². The van der Waals surface area contributed by atoms with Gasteiger partial charge in [0.1, 0.15) is 6.04 Å². The minimum absolute atomic E-state index is 0.261. The van der Waals surface area contributed by atoms with E-state index >= 15 is 0 Å². The number of pyridine rings is 1. The number of fused-ring (bicyclic) bond motifs is 1. The number of aromatic nitrogens is 2. The van der Waals surface area contributed by atoms with Gasteiger partial charge >= 0.3 is 5.97 Å². The van der Waals surface area contributed by atoms with Gasteiger partial charge in [-0.25, -0.2) is 9.78 Å². The molecule has 4 rings (SSSR count). The van der Waals surface area contributed by atoms with Crippen LogP contribution in [0.15, 0.2) is 10.6 Å². The number of rotatable bonds is 3. The summed E-state index contributed by atoms with van der Waals surface area (Å²) in [5.41, 5.74) is 2.27. The van der Waals surface area contributed by atoms with E-state index in [9.17, 15) is 14.7 Å². The molecule has 24 heavy (non-hydrogen) atoms. The second-order valence-corrected chi connectivity index (χ2v) is 6.67. The number of amides is 1. The molecule has 1 saturated heterocycles. The van der Waals surface area contributed by atoms with Gasteiger partial charge in [0.05, 0.1) is 16.6 Å². The summed E-state index contributed by atoms with van der Waals surface area (Å²) in [6.07, 6.45) is 4.25. The Balaban J connectivity index is 1.80. The molecule has 2 aromatic rings. The first-order valence-electron chi connectivity index (χ1n) is 8.37. The van der Waals surface area contributed by atoms with Crippen molar-refractivity contribution in [2.45, 2.75) is 51.0 Å². The lowest BCUT2D eigenvalue weighted by molar-refractivity contribution is -0.143. The molecule has 1 aliphatic heterocycles. The van der Waals surface area contributed by atoms with Gasteiger partial charge in [0.15, 0.2) is 0 Å². The van der Waals surface area contributed by atoms with Crippen molar-refractivity contribution in [1.29, 1.82) is 0 Å². The van der Waals surface area contributed by atoms with Crippen LogP contribution >= 0.6 is 0 Å². The highest BCUT2D eigenvalue weighted by Gasteiger charge is 2.35. The summed E-state index contributed by atoms with van der Waals surface area (Å²) in [7, 11) is 0. The normalized spacial score (nSPS) is 21.2. The first-order valence-corrected chi connectivity index (χ1v) is 8.37. The lowest BCUT2D eigenvalue weighted by atomic mass is 9.99. The molecule has 1 amide bonds. The lowest BCUT2D eigenvalue weighted by Gasteiger charge is -2.33. The molecule has 1 unspecified atom stereocenters. The van der Waals surface area contributed by atoms with Crippen molar-refractivity contribution in [1.82, 2.24) is 15.0 Å². The highest BCUT2D eigenvalue weighted by Crippen LogP contribution is 2.40. The molecule has 1 saturated carbocycles. The average Bonchev–Trinajstić information content (AvgIpc) is 3.37. The van der Waals surface area contributed by atoms with E-state index in [0.29, 0.717) is 41.2 Å². The third kappa shape index (κ3) is 2.44. The Kier molecular flexibility index (Phi) is 3.51. The van der Waals surface area contributed by atoms with Crippen LogP contribution in [0.2, 0.25) is 0 Å². The Hall–Kier alpha value is -2.44. The molecule has 1 aliphatic carbocycles. The zero-order valence-electron chi connectivity index (χ0n) is 13.5. The molecule has 0 radical (unpaired) electrons. The molecule has 2 aromatic heterocycles. The van der Waals surface area contributed by atoms with Gasteiger partial charge in [0.2, 0.25) is 0 Å². The van der Waals surface area contributed by atoms with Crippen molar-refractivity contribution in [2.24, 2.45) is 0 Å². The Bertz CT molecular complexity index is 825. The van der Waals surface area contributed by atoms with Gasteiger partial charge in [-0.3, -0.25) is 4.79 Å². The summed E-state index contributed by atoms with van der Waals surface area (Å²) in [6.45, 7) is 2.23. The van der Waals surface area contributed by atoms with Crippen molar-refractivity contribution >= 4 is 23.0 Å². The zero-order chi connectivity index (χ0) is 16.8. The number of aliphatic carboxylic acids is 1. The van der Waals surface area contributed by atoms with E-state index < -0.39 is 12.0 Å². The second-order valence-electron chi connectivity index (χ2n) is 6.67. The van der Waals surface area contributed by atoms with Crippen molar-refractivity contribution < 1.29 is 19.2 Å². The summed E-state index contributed by atoms with van der Waals surface area (Å²) >= 11 is 0. The predicted octanol–water partition coefficient (Wildman–Crippen LogP) is 2.49. The van der Waals surface area contributed by atoms with Crippen molar-refractivity contribution in [3.63, 3.8) is 0 Å². The number of piperidine rings is 1. The monoisotopic (exact) mass is 329 g/mol. The molecule has 0 spiro atoms. The Morgan fingerprint density at radius 2 is 2.08 bits per heavy atom. The van der Waals surface area contributed by atoms with E-state index in [-0.39, 0.29) is 5.91 Å². The molecule has 126 valence electrons. The molecule has 1 atom stereocenters. The van der Waals surface area contributed by atoms with Crippen LogP contribution in [0, 0.1) is 6.92 Å². The molecule has 2 fully saturated rings. The molecule has 7 heteroatoms. The van der Waals surface area contributed by atoms with Crippen molar-refractivity contribution in [3.05, 3.63) is 23.0 Å². The number of nitrogens with zero attached hydrogens (tertiary/aromatic N) is 3. The molecular formula is C17H19N3O4. The van der Waals surface area contributed by atoms with E-state index in [1.165, 1.54) is 4.90 Å². The van der Waals surface area contributed by atoms with Crippen LogP contribution in [0.3, 0.4) is 0 Å². The summed E-state index contributed by atoms with van der Waals surface area (Å²) in [4.78, 5) is 30.6. The third-order valence-electron chi connectivity index (χ3n) is 4.91. The molecular weight excluding hydrogens is 310 g/mol. The number of carbonyl (C=O) groups excluding carboxylic acids is 1. The Morgan fingerprint density at radius 3 is 2.79 bits per heavy atom. The van der Waals surface area contributed by atoms with E-state index in [1.807, 2.05) is 0 Å². The SMILES string of the molecule is Cc1noc2nc(C3CC3)cc(C(=O)N3CCCCC3C(=O)O)c12. The van der Waals surface area contributed by atoms with Gasteiger partial charge in [0, 0.05) is 18.2 Å². The van der Waals surface area contributed by atoms with Gasteiger partial charge in [0.25, 0.3) is 11.6 Å². The Morgan fingerprint density at radius 1 is 1.29 bits per heavy atom. The van der Waals surface area contributed by atoms with Crippen LogP contribution in [0.5, 0.6) is 0 Å². The fourth-order valence-electron chi connectivity index (χ4n) is 3.46. The summed E-state index contributed by atoms with van der Waals surface area (Å²) < 4.78 is 5.27. The van der Waals surface area contributed by atoms with Crippen LogP contribution in [0.25, 0.3) is 11.1 Å². The highest BCUT2D eigenvalue weighted by atomic mass is 16.5. The molecule has 3 heterocycles. The predicted molar refractivity (Wildman–Crippen MR) is 84.8 cm³/mol. The number of aryl methyl sites for hydroxylation is 1. The van der Waals surface area contributed by atoms with Crippen LogP contribution < -0.4 is 0 Å². The lowest BCUT2D eigenvalue weighted by Crippen LogP contribution is -2.48. The highest BCUT2D eigenvalue weighted by molar-refractivity contribution is 6.07. The smallest absolute Gasteiger partial charge is 0.326 e. The van der Waals surface area contributed by atoms with Crippen LogP contribution in [-0.4, -0.2) is 44.6 Å². The quantitative estimate of drug-likeness (QED) is 0.929. The number of hydrogen-bond donors (Lipinski definition) is 1. The molecule has 0 bridgehead atoms. The fraction of sp³-hybridized carbons (Fsp3) is 0.529. The van der Waals surface area contributed by atoms with E-state index in [4.69, 9.17) is 4.52 Å². The minimum atomic E-state index is -0.946. The Labute approximate surface area is 138 Å². The van der Waals surface area contributed by atoms with Gasteiger partial charge in [-0.2, -0.15) is 0 Å². The van der Waals surface area contributed by atoms with E-state index in [0.717, 1.165) is 31.4 Å². The first kappa shape index (κ1) is 15.1. The third-order valence-corrected chi connectivity index (χ3v) is 4.91. The minimum Gasteiger partial charge on any atom is -0.480 e. The van der Waals surface area contributed by atoms with Gasteiger partial charge in [-0.1, -0.05) is 5.16 Å². The van der Waals surface area contributed by atoms with Gasteiger partial charge in [-0.15, -0.1) is 0 Å². The summed E-state index contributed by atoms with van der Waals surface area (Å²) in [5.74, 6) is -0.844. The molecule has 7 nitrogen and oxygen atoms in total. The van der Waals surface area contributed by atoms with E-state index in [1.54, 1.807) is 13.0 Å². The largest absolute Gasteiger partial charge is 0.480 e. The molecule has 2 aliphatic rings. The number of carbonyl (C=O) groups is 2. The maximum Gasteiger partial charge on any atom is 0.326 e. The maximum atomic E-state index is 13.1. The summed E-state index contributed by atoms with van der Waals surface area (Å²) in [5, 5.41) is 14.0. The zero-order valence-corrected chi connectivity index (χ0v) is 13.5. The fourth-order valence-corrected chi connectivity index (χ4v) is 3.46. The van der Waals surface area contributed by atoms with Gasteiger partial charge in [-0.05, 0) is 45.1 Å². The van der Waals surface area contributed by atoms with Crippen LogP contribution in [0.4, 0.5) is 0 Å². The van der Waals surface area contributed by atoms with Crippen molar-refractivity contribution in [2.75, 3.05) is 6.54 Å². The number of hydrogen-bond acceptors (Lipinski definition) is 5. The molecule has 0 aromatic carbocycles. The maximum absolute atomic E-state index is 13.1. The average molecular weight is 329 g/mol.